The van der Waals surface area contributed by atoms with Gasteiger partial charge in [0.2, 0.25) is 5.95 Å². The summed E-state index contributed by atoms with van der Waals surface area (Å²) in [6.45, 7) is 4.48. The molecule has 0 unspecified atom stereocenters. The normalized spacial score (nSPS) is 13.5. The van der Waals surface area contributed by atoms with Crippen LogP contribution in [0.25, 0.3) is 0 Å². The molecule has 0 aliphatic carbocycles. The molecule has 1 saturated heterocycles. The van der Waals surface area contributed by atoms with E-state index in [1.165, 1.54) is 18.5 Å². The zero-order valence-electron chi connectivity index (χ0n) is 15.8. The van der Waals surface area contributed by atoms with Gasteiger partial charge >= 0.3 is 0 Å². The van der Waals surface area contributed by atoms with E-state index in [1.54, 1.807) is 12.3 Å². The Balaban J connectivity index is 1.42. The number of furan rings is 1. The molecular formula is C21H23N5O2. The summed E-state index contributed by atoms with van der Waals surface area (Å²) in [5, 5.41) is 5.99. The van der Waals surface area contributed by atoms with Crippen LogP contribution in [0, 0.1) is 6.92 Å². The third kappa shape index (κ3) is 4.31. The third-order valence-electron chi connectivity index (χ3n) is 4.68. The number of benzene rings is 1. The summed E-state index contributed by atoms with van der Waals surface area (Å²) in [7, 11) is 0. The Hall–Kier alpha value is -3.35. The van der Waals surface area contributed by atoms with Crippen LogP contribution in [0.15, 0.2) is 53.1 Å². The maximum atomic E-state index is 12.6. The van der Waals surface area contributed by atoms with Crippen molar-refractivity contribution in [2.24, 2.45) is 0 Å². The highest BCUT2D eigenvalue weighted by molar-refractivity contribution is 6.03. The Morgan fingerprint density at radius 2 is 1.93 bits per heavy atom. The van der Waals surface area contributed by atoms with Gasteiger partial charge in [-0.05, 0) is 62.2 Å². The van der Waals surface area contributed by atoms with E-state index in [9.17, 15) is 4.79 Å². The van der Waals surface area contributed by atoms with Gasteiger partial charge < -0.3 is 20.0 Å². The number of carbonyl (C=O) groups excluding carboxylic acids is 1. The first-order valence-electron chi connectivity index (χ1n) is 9.46. The van der Waals surface area contributed by atoms with Gasteiger partial charge in [0.25, 0.3) is 5.91 Å². The average molecular weight is 377 g/mol. The molecule has 0 atom stereocenters. The lowest BCUT2D eigenvalue weighted by Crippen LogP contribution is -2.18. The molecule has 1 aliphatic rings. The van der Waals surface area contributed by atoms with Gasteiger partial charge in [0.1, 0.15) is 11.5 Å². The predicted octanol–water partition coefficient (Wildman–Crippen LogP) is 3.84. The molecular weight excluding hydrogens is 354 g/mol. The number of hydrogen-bond donors (Lipinski definition) is 2. The van der Waals surface area contributed by atoms with Crippen molar-refractivity contribution in [2.45, 2.75) is 26.3 Å². The van der Waals surface area contributed by atoms with Crippen molar-refractivity contribution in [2.75, 3.05) is 28.6 Å². The lowest BCUT2D eigenvalue weighted by atomic mass is 10.2. The van der Waals surface area contributed by atoms with Crippen LogP contribution in [0.1, 0.15) is 34.8 Å². The molecule has 3 aromatic rings. The second-order valence-corrected chi connectivity index (χ2v) is 6.85. The molecule has 0 radical (unpaired) electrons. The highest BCUT2D eigenvalue weighted by Crippen LogP contribution is 2.22. The smallest absolute Gasteiger partial charge is 0.274 e. The maximum absolute atomic E-state index is 12.6. The van der Waals surface area contributed by atoms with Crippen molar-refractivity contribution >= 4 is 23.2 Å². The van der Waals surface area contributed by atoms with Gasteiger partial charge in [0.15, 0.2) is 0 Å². The topological polar surface area (TPSA) is 83.3 Å². The number of aryl methyl sites for hydroxylation is 1. The second-order valence-electron chi connectivity index (χ2n) is 6.85. The van der Waals surface area contributed by atoms with E-state index >= 15 is 0 Å². The van der Waals surface area contributed by atoms with Crippen molar-refractivity contribution in [3.63, 3.8) is 0 Å². The summed E-state index contributed by atoms with van der Waals surface area (Å²) in [6.07, 6.45) is 4.09. The largest absolute Gasteiger partial charge is 0.467 e. The number of nitrogens with zero attached hydrogens (tertiary/aromatic N) is 3. The molecule has 3 heterocycles. The van der Waals surface area contributed by atoms with Gasteiger partial charge in [-0.1, -0.05) is 0 Å². The van der Waals surface area contributed by atoms with Crippen LogP contribution >= 0.6 is 0 Å². The van der Waals surface area contributed by atoms with E-state index in [0.717, 1.165) is 24.5 Å². The predicted molar refractivity (Wildman–Crippen MR) is 109 cm³/mol. The van der Waals surface area contributed by atoms with Crippen LogP contribution in [0.4, 0.5) is 17.3 Å². The zero-order chi connectivity index (χ0) is 19.3. The van der Waals surface area contributed by atoms with Crippen LogP contribution in [-0.2, 0) is 6.54 Å². The Morgan fingerprint density at radius 3 is 2.64 bits per heavy atom. The third-order valence-corrected chi connectivity index (χ3v) is 4.68. The molecule has 0 bridgehead atoms. The van der Waals surface area contributed by atoms with E-state index in [1.807, 2.05) is 43.3 Å². The average Bonchev–Trinajstić information content (AvgIpc) is 3.41. The van der Waals surface area contributed by atoms with Crippen LogP contribution < -0.4 is 15.5 Å². The quantitative estimate of drug-likeness (QED) is 0.679. The van der Waals surface area contributed by atoms with Crippen LogP contribution in [0.3, 0.4) is 0 Å². The molecule has 7 heteroatoms. The fourth-order valence-electron chi connectivity index (χ4n) is 3.27. The Labute approximate surface area is 163 Å². The molecule has 1 fully saturated rings. The van der Waals surface area contributed by atoms with E-state index in [2.05, 4.69) is 25.5 Å². The summed E-state index contributed by atoms with van der Waals surface area (Å²) in [5.74, 6) is 0.903. The summed E-state index contributed by atoms with van der Waals surface area (Å²) >= 11 is 0. The Morgan fingerprint density at radius 1 is 1.14 bits per heavy atom. The number of rotatable bonds is 6. The minimum atomic E-state index is -0.263. The number of carbonyl (C=O) groups is 1. The van der Waals surface area contributed by atoms with E-state index < -0.39 is 0 Å². The number of anilines is 3. The van der Waals surface area contributed by atoms with Gasteiger partial charge in [-0.2, -0.15) is 0 Å². The van der Waals surface area contributed by atoms with Gasteiger partial charge in [0, 0.05) is 30.2 Å². The molecule has 2 N–H and O–H groups in total. The molecule has 144 valence electrons. The van der Waals surface area contributed by atoms with Crippen molar-refractivity contribution in [3.05, 3.63) is 65.9 Å². The highest BCUT2D eigenvalue weighted by atomic mass is 16.3. The molecule has 7 nitrogen and oxygen atoms in total. The van der Waals surface area contributed by atoms with Gasteiger partial charge in [-0.15, -0.1) is 0 Å². The summed E-state index contributed by atoms with van der Waals surface area (Å²) in [4.78, 5) is 23.6. The molecule has 28 heavy (non-hydrogen) atoms. The van der Waals surface area contributed by atoms with Gasteiger partial charge in [-0.3, -0.25) is 4.79 Å². The fraction of sp³-hybridized carbons (Fsp3) is 0.286. The highest BCUT2D eigenvalue weighted by Gasteiger charge is 2.14. The van der Waals surface area contributed by atoms with Crippen molar-refractivity contribution in [1.82, 2.24) is 9.97 Å². The molecule has 1 amide bonds. The monoisotopic (exact) mass is 377 g/mol. The maximum Gasteiger partial charge on any atom is 0.274 e. The molecule has 0 spiro atoms. The van der Waals surface area contributed by atoms with Crippen molar-refractivity contribution < 1.29 is 9.21 Å². The Bertz CT molecular complexity index is 932. The number of nitrogens with one attached hydrogen (secondary N) is 2. The zero-order valence-corrected chi connectivity index (χ0v) is 15.8. The van der Waals surface area contributed by atoms with Crippen LogP contribution in [-0.4, -0.2) is 29.0 Å². The minimum Gasteiger partial charge on any atom is -0.467 e. The standard InChI is InChI=1S/C21H23N5O2/c1-15-13-19(25-21(23-15)22-14-18-5-4-12-28-18)20(27)24-16-6-8-17(9-7-16)26-10-2-3-11-26/h4-9,12-13H,2-3,10-11,14H2,1H3,(H,24,27)(H,22,23,25). The van der Waals surface area contributed by atoms with Gasteiger partial charge in [-0.25, -0.2) is 9.97 Å². The first-order chi connectivity index (χ1) is 13.7. The molecule has 4 rings (SSSR count). The van der Waals surface area contributed by atoms with E-state index in [-0.39, 0.29) is 5.91 Å². The lowest BCUT2D eigenvalue weighted by molar-refractivity contribution is 0.102. The van der Waals surface area contributed by atoms with Crippen LogP contribution in [0.5, 0.6) is 0 Å². The molecule has 1 aromatic carbocycles. The first kappa shape index (κ1) is 18.0. The SMILES string of the molecule is Cc1cc(C(=O)Nc2ccc(N3CCCC3)cc2)nc(NCc2ccco2)n1. The second kappa shape index (κ2) is 8.12. The Kier molecular flexibility index (Phi) is 5.23. The number of hydrogen-bond acceptors (Lipinski definition) is 6. The van der Waals surface area contributed by atoms with Crippen molar-refractivity contribution in [1.29, 1.82) is 0 Å². The summed E-state index contributed by atoms with van der Waals surface area (Å²) in [6, 6.07) is 13.3. The summed E-state index contributed by atoms with van der Waals surface area (Å²) < 4.78 is 5.29. The molecule has 0 saturated carbocycles. The van der Waals surface area contributed by atoms with E-state index in [0.29, 0.717) is 23.9 Å². The van der Waals surface area contributed by atoms with Crippen LogP contribution in [0.2, 0.25) is 0 Å². The molecule has 1 aliphatic heterocycles. The van der Waals surface area contributed by atoms with Gasteiger partial charge in [0.05, 0.1) is 12.8 Å². The fourth-order valence-corrected chi connectivity index (χ4v) is 3.27. The van der Waals surface area contributed by atoms with E-state index in [4.69, 9.17) is 4.42 Å². The molecule has 2 aromatic heterocycles. The van der Waals surface area contributed by atoms with Crippen molar-refractivity contribution in [3.8, 4) is 0 Å². The summed E-state index contributed by atoms with van der Waals surface area (Å²) in [5.41, 5.74) is 2.97. The number of amides is 1. The number of aromatic nitrogens is 2. The first-order valence-corrected chi connectivity index (χ1v) is 9.46. The lowest BCUT2D eigenvalue weighted by Gasteiger charge is -2.17. The minimum absolute atomic E-state index is 0.263.